The molecule has 45 heavy (non-hydrogen) atoms. The van der Waals surface area contributed by atoms with Crippen LogP contribution in [0.4, 0.5) is 0 Å². The maximum Gasteiger partial charge on any atom is 0.265 e. The maximum atomic E-state index is 15.2. The van der Waals surface area contributed by atoms with E-state index < -0.39 is 31.7 Å². The first-order chi connectivity index (χ1) is 21.1. The third kappa shape index (κ3) is 4.82. The number of nitrogens with zero attached hydrogens (tertiary/aromatic N) is 2. The highest BCUT2D eigenvalue weighted by Crippen LogP contribution is 2.59. The van der Waals surface area contributed by atoms with Gasteiger partial charge in [-0.25, -0.2) is 0 Å². The van der Waals surface area contributed by atoms with Crippen LogP contribution in [0.5, 0.6) is 5.88 Å². The summed E-state index contributed by atoms with van der Waals surface area (Å²) in [5.41, 5.74) is 3.13. The summed E-state index contributed by atoms with van der Waals surface area (Å²) < 4.78 is 19.3. The molecule has 3 aromatic rings. The van der Waals surface area contributed by atoms with Crippen LogP contribution in [-0.4, -0.2) is 54.7 Å². The molecular weight excluding hydrogens is 584 g/mol. The average Bonchev–Trinajstić information content (AvgIpc) is 3.36. The van der Waals surface area contributed by atoms with E-state index in [0.29, 0.717) is 29.7 Å². The van der Waals surface area contributed by atoms with E-state index in [1.807, 2.05) is 69.2 Å². The highest BCUT2D eigenvalue weighted by molar-refractivity contribution is 6.74. The number of allylic oxidation sites excluding steroid dienone is 1. The molecule has 1 heterocycles. The normalized spacial score (nSPS) is 24.7. The second-order valence-electron chi connectivity index (χ2n) is 14.8. The number of ketones is 2. The summed E-state index contributed by atoms with van der Waals surface area (Å²) in [6.07, 6.45) is 1.06. The lowest BCUT2D eigenvalue weighted by atomic mass is 9.58. The number of aromatic nitrogens is 1. The molecule has 0 bridgehead atoms. The summed E-state index contributed by atoms with van der Waals surface area (Å²) in [5, 5.41) is 16.5. The first-order valence-corrected chi connectivity index (χ1v) is 18.7. The van der Waals surface area contributed by atoms with Gasteiger partial charge in [-0.15, -0.1) is 0 Å². The van der Waals surface area contributed by atoms with Crippen molar-refractivity contribution >= 4 is 19.9 Å². The first kappa shape index (κ1) is 31.4. The Kier molecular flexibility index (Phi) is 7.53. The van der Waals surface area contributed by atoms with Crippen LogP contribution in [-0.2, 0) is 17.5 Å². The fourth-order valence-electron chi connectivity index (χ4n) is 7.42. The molecule has 9 heteroatoms. The van der Waals surface area contributed by atoms with Gasteiger partial charge in [0.2, 0.25) is 5.78 Å². The van der Waals surface area contributed by atoms with Crippen LogP contribution in [0.15, 0.2) is 58.3 Å². The van der Waals surface area contributed by atoms with Crippen LogP contribution in [0.1, 0.15) is 82.0 Å². The Morgan fingerprint density at radius 2 is 1.78 bits per heavy atom. The Balaban J connectivity index is 1.58. The molecule has 1 N–H and O–H groups in total. The molecule has 0 saturated heterocycles. The number of rotatable bonds is 6. The van der Waals surface area contributed by atoms with Gasteiger partial charge in [0.25, 0.3) is 5.88 Å². The van der Waals surface area contributed by atoms with E-state index in [4.69, 9.17) is 13.7 Å². The second-order valence-corrected chi connectivity index (χ2v) is 19.5. The van der Waals surface area contributed by atoms with Crippen LogP contribution in [0.25, 0.3) is 0 Å². The van der Waals surface area contributed by atoms with Crippen LogP contribution < -0.4 is 4.74 Å². The van der Waals surface area contributed by atoms with Gasteiger partial charge >= 0.3 is 0 Å². The minimum Gasteiger partial charge on any atom is -0.508 e. The predicted molar refractivity (Wildman–Crippen MR) is 174 cm³/mol. The van der Waals surface area contributed by atoms with E-state index in [9.17, 15) is 9.90 Å². The van der Waals surface area contributed by atoms with Gasteiger partial charge in [-0.05, 0) is 86.7 Å². The molecule has 4 atom stereocenters. The lowest BCUT2D eigenvalue weighted by molar-refractivity contribution is -0.0480. The molecule has 0 unspecified atom stereocenters. The van der Waals surface area contributed by atoms with Gasteiger partial charge in [0, 0.05) is 17.1 Å². The highest BCUT2D eigenvalue weighted by atomic mass is 28.4. The van der Waals surface area contributed by atoms with E-state index >= 15 is 4.79 Å². The fraction of sp³-hybridized carbons (Fsp3) is 0.472. The van der Waals surface area contributed by atoms with Gasteiger partial charge in [-0.1, -0.05) is 68.8 Å². The molecule has 2 aromatic carbocycles. The van der Waals surface area contributed by atoms with Gasteiger partial charge in [0.1, 0.15) is 17.9 Å². The van der Waals surface area contributed by atoms with Gasteiger partial charge in [-0.2, -0.15) is 0 Å². The lowest BCUT2D eigenvalue weighted by Crippen LogP contribution is -2.65. The van der Waals surface area contributed by atoms with Crippen molar-refractivity contribution in [2.24, 2.45) is 11.8 Å². The number of carbonyl (C=O) groups is 2. The van der Waals surface area contributed by atoms with Crippen LogP contribution in [0, 0.1) is 25.7 Å². The minimum atomic E-state index is -2.75. The standard InChI is InChI=1S/C36H44N2O6Si/c1-20-15-21(2)26-23(16-20)17-24-18-25-29(38(6)7)31-28(34(37-43-31)42-19-22-13-11-10-12-14-22)33(41)36(25,32(40)27(24)30(26)39)44-45(8,9)35(3,4)5/h10-16,24-25,29,40H,17-19H2,1-9H3/t24-,25-,29-,36-/m0/s1. The number of carbonyl (C=O) groups excluding carboxylic acids is 2. The Labute approximate surface area is 266 Å². The Morgan fingerprint density at radius 3 is 2.42 bits per heavy atom. The molecule has 0 spiro atoms. The van der Waals surface area contributed by atoms with Gasteiger partial charge in [0.15, 0.2) is 25.5 Å². The second kappa shape index (κ2) is 10.8. The number of aliphatic hydroxyl groups is 1. The van der Waals surface area contributed by atoms with Gasteiger partial charge < -0.3 is 18.8 Å². The largest absolute Gasteiger partial charge is 0.508 e. The van der Waals surface area contributed by atoms with Gasteiger partial charge in [-0.3, -0.25) is 14.5 Å². The third-order valence-corrected chi connectivity index (χ3v) is 14.9. The summed E-state index contributed by atoms with van der Waals surface area (Å²) in [5.74, 6) is -1.29. The Hall–Kier alpha value is -3.53. The van der Waals surface area contributed by atoms with Gasteiger partial charge in [0.05, 0.1) is 6.04 Å². The van der Waals surface area contributed by atoms with Crippen molar-refractivity contribution in [3.05, 3.63) is 92.9 Å². The molecule has 0 amide bonds. The molecule has 8 nitrogen and oxygen atoms in total. The van der Waals surface area contributed by atoms with Crippen molar-refractivity contribution in [2.45, 2.75) is 83.8 Å². The molecule has 0 radical (unpaired) electrons. The number of Topliss-reactive ketones (excluding diaryl/α,β-unsaturated/α-hetero) is 2. The van der Waals surface area contributed by atoms with Crippen LogP contribution in [0.2, 0.25) is 18.1 Å². The Bertz CT molecular complexity index is 1720. The zero-order chi connectivity index (χ0) is 32.6. The van der Waals surface area contributed by atoms with Crippen LogP contribution >= 0.6 is 0 Å². The van der Waals surface area contributed by atoms with E-state index in [-0.39, 0.29) is 40.5 Å². The smallest absolute Gasteiger partial charge is 0.265 e. The molecule has 238 valence electrons. The topological polar surface area (TPSA) is 102 Å². The highest BCUT2D eigenvalue weighted by Gasteiger charge is 2.67. The maximum absolute atomic E-state index is 15.2. The zero-order valence-electron chi connectivity index (χ0n) is 27.8. The lowest BCUT2D eigenvalue weighted by Gasteiger charge is -2.55. The summed E-state index contributed by atoms with van der Waals surface area (Å²) >= 11 is 0. The average molecular weight is 629 g/mol. The number of ether oxygens (including phenoxy) is 1. The van der Waals surface area contributed by atoms with E-state index in [1.54, 1.807) is 0 Å². The molecule has 3 aliphatic carbocycles. The molecule has 0 aliphatic heterocycles. The van der Waals surface area contributed by atoms with E-state index in [0.717, 1.165) is 22.3 Å². The SMILES string of the molecule is Cc1cc(C)c2c(c1)C[C@H]1C[C@H]3[C@H](N(C)C)c4onc(OCc5ccccc5)c4C(=O)[C@@]3(O[Si](C)(C)C(C)(C)C)C(O)=C1C2=O. The zero-order valence-corrected chi connectivity index (χ0v) is 28.8. The van der Waals surface area contributed by atoms with Crippen molar-refractivity contribution in [2.75, 3.05) is 14.1 Å². The Morgan fingerprint density at radius 1 is 1.09 bits per heavy atom. The number of fused-ring (bicyclic) bond motifs is 4. The summed E-state index contributed by atoms with van der Waals surface area (Å²) in [6, 6.07) is 13.2. The number of aliphatic hydroxyl groups excluding tert-OH is 1. The molecular formula is C36H44N2O6Si. The molecule has 1 aromatic heterocycles. The summed E-state index contributed by atoms with van der Waals surface area (Å²) in [6.45, 7) is 14.6. The molecule has 6 rings (SSSR count). The first-order valence-electron chi connectivity index (χ1n) is 15.7. The number of hydrogen-bond acceptors (Lipinski definition) is 8. The molecule has 3 aliphatic rings. The van der Waals surface area contributed by atoms with Crippen molar-refractivity contribution in [1.82, 2.24) is 10.1 Å². The molecule has 0 saturated carbocycles. The minimum absolute atomic E-state index is 0.0638. The van der Waals surface area contributed by atoms with E-state index in [1.165, 1.54) is 0 Å². The monoisotopic (exact) mass is 628 g/mol. The van der Waals surface area contributed by atoms with Crippen molar-refractivity contribution in [3.63, 3.8) is 0 Å². The van der Waals surface area contributed by atoms with E-state index in [2.05, 4.69) is 45.1 Å². The van der Waals surface area contributed by atoms with Crippen molar-refractivity contribution < 1.29 is 28.4 Å². The number of benzene rings is 2. The summed E-state index contributed by atoms with van der Waals surface area (Å²) in [4.78, 5) is 31.6. The third-order valence-electron chi connectivity index (χ3n) is 10.5. The van der Waals surface area contributed by atoms with Crippen LogP contribution in [0.3, 0.4) is 0 Å². The number of aryl methyl sites for hydroxylation is 2. The fourth-order valence-corrected chi connectivity index (χ4v) is 8.87. The van der Waals surface area contributed by atoms with Crippen molar-refractivity contribution in [3.8, 4) is 5.88 Å². The predicted octanol–water partition coefficient (Wildman–Crippen LogP) is 7.32. The molecule has 0 fully saturated rings. The quantitative estimate of drug-likeness (QED) is 0.284. The van der Waals surface area contributed by atoms with Crippen molar-refractivity contribution in [1.29, 1.82) is 0 Å². The number of hydrogen-bond donors (Lipinski definition) is 1. The summed E-state index contributed by atoms with van der Waals surface area (Å²) in [7, 11) is 1.11.